The summed E-state index contributed by atoms with van der Waals surface area (Å²) >= 11 is 0. The van der Waals surface area contributed by atoms with Gasteiger partial charge in [0.25, 0.3) is 11.8 Å². The lowest BCUT2D eigenvalue weighted by Gasteiger charge is -2.24. The van der Waals surface area contributed by atoms with E-state index in [-0.39, 0.29) is 30.2 Å². The fraction of sp³-hybridized carbons (Fsp3) is 0.318. The molecule has 30 heavy (non-hydrogen) atoms. The van der Waals surface area contributed by atoms with Crippen molar-refractivity contribution in [2.45, 2.75) is 32.5 Å². The fourth-order valence-electron chi connectivity index (χ4n) is 3.18. The van der Waals surface area contributed by atoms with Crippen LogP contribution in [0.2, 0.25) is 0 Å². The van der Waals surface area contributed by atoms with Crippen LogP contribution < -0.4 is 5.32 Å². The Morgan fingerprint density at radius 3 is 2.33 bits per heavy atom. The molecule has 1 atom stereocenters. The molecule has 1 heterocycles. The molecule has 0 saturated heterocycles. The molecular formula is C22H22F3N3O2. The summed E-state index contributed by atoms with van der Waals surface area (Å²) < 4.78 is 38.2. The Bertz CT molecular complexity index is 951. The molecule has 0 saturated carbocycles. The van der Waals surface area contributed by atoms with E-state index in [1.54, 1.807) is 29.2 Å². The van der Waals surface area contributed by atoms with Crippen molar-refractivity contribution in [1.82, 2.24) is 10.2 Å². The average molecular weight is 417 g/mol. The summed E-state index contributed by atoms with van der Waals surface area (Å²) in [7, 11) is 0. The second-order valence-corrected chi connectivity index (χ2v) is 7.05. The van der Waals surface area contributed by atoms with Gasteiger partial charge in [0.1, 0.15) is 12.4 Å². The van der Waals surface area contributed by atoms with Crippen molar-refractivity contribution in [3.05, 3.63) is 70.8 Å². The molecule has 1 aliphatic rings. The Hall–Kier alpha value is -3.16. The van der Waals surface area contributed by atoms with Gasteiger partial charge in [0.15, 0.2) is 0 Å². The lowest BCUT2D eigenvalue weighted by Crippen LogP contribution is -2.33. The van der Waals surface area contributed by atoms with Crippen LogP contribution in [0, 0.1) is 0 Å². The van der Waals surface area contributed by atoms with Crippen LogP contribution in [0.15, 0.2) is 53.5 Å². The Labute approximate surface area is 172 Å². The first kappa shape index (κ1) is 21.5. The highest BCUT2D eigenvalue weighted by molar-refractivity contribution is 6.46. The van der Waals surface area contributed by atoms with Gasteiger partial charge in [0.05, 0.1) is 11.6 Å². The number of carbonyl (C=O) groups excluding carboxylic acids is 2. The highest BCUT2D eigenvalue weighted by Crippen LogP contribution is 2.30. The van der Waals surface area contributed by atoms with Crippen molar-refractivity contribution >= 4 is 17.5 Å². The van der Waals surface area contributed by atoms with E-state index in [4.69, 9.17) is 0 Å². The van der Waals surface area contributed by atoms with Crippen LogP contribution in [0.5, 0.6) is 0 Å². The van der Waals surface area contributed by atoms with Gasteiger partial charge >= 0.3 is 6.18 Å². The SMILES string of the molecule is CCCNC(=O)c1ccc(C(C)N2CN=C(c3ccc(C(F)(F)F)cc3)C2=O)cc1. The van der Waals surface area contributed by atoms with E-state index in [0.717, 1.165) is 24.1 Å². The number of hydrogen-bond acceptors (Lipinski definition) is 3. The second kappa shape index (κ2) is 8.69. The number of hydrogen-bond donors (Lipinski definition) is 1. The summed E-state index contributed by atoms with van der Waals surface area (Å²) in [6.07, 6.45) is -3.58. The molecule has 2 aromatic carbocycles. The number of nitrogens with zero attached hydrogens (tertiary/aromatic N) is 2. The molecule has 0 bridgehead atoms. The third-order valence-corrected chi connectivity index (χ3v) is 4.99. The van der Waals surface area contributed by atoms with Crippen molar-refractivity contribution in [1.29, 1.82) is 0 Å². The van der Waals surface area contributed by atoms with Gasteiger partial charge in [-0.3, -0.25) is 14.6 Å². The first-order chi connectivity index (χ1) is 14.2. The summed E-state index contributed by atoms with van der Waals surface area (Å²) in [6.45, 7) is 4.53. The number of benzene rings is 2. The van der Waals surface area contributed by atoms with Crippen LogP contribution in [0.1, 0.15) is 53.4 Å². The second-order valence-electron chi connectivity index (χ2n) is 7.05. The fourth-order valence-corrected chi connectivity index (χ4v) is 3.18. The van der Waals surface area contributed by atoms with Crippen molar-refractivity contribution in [3.8, 4) is 0 Å². The number of amides is 2. The topological polar surface area (TPSA) is 61.8 Å². The molecule has 1 N–H and O–H groups in total. The molecule has 0 aromatic heterocycles. The molecule has 0 spiro atoms. The van der Waals surface area contributed by atoms with E-state index in [2.05, 4.69) is 10.3 Å². The van der Waals surface area contributed by atoms with Crippen LogP contribution in [-0.4, -0.2) is 35.6 Å². The Kier molecular flexibility index (Phi) is 6.24. The minimum absolute atomic E-state index is 0.120. The molecule has 3 rings (SSSR count). The molecule has 2 aromatic rings. The first-order valence-corrected chi connectivity index (χ1v) is 9.63. The van der Waals surface area contributed by atoms with E-state index < -0.39 is 11.7 Å². The zero-order valence-electron chi connectivity index (χ0n) is 16.7. The number of alkyl halides is 3. The maximum absolute atomic E-state index is 12.8. The van der Waals surface area contributed by atoms with Gasteiger partial charge in [-0.15, -0.1) is 0 Å². The molecule has 2 amide bonds. The summed E-state index contributed by atoms with van der Waals surface area (Å²) in [4.78, 5) is 30.6. The van der Waals surface area contributed by atoms with Crippen molar-refractivity contribution in [2.75, 3.05) is 13.2 Å². The number of carbonyl (C=O) groups is 2. The third-order valence-electron chi connectivity index (χ3n) is 4.99. The van der Waals surface area contributed by atoms with Crippen LogP contribution in [-0.2, 0) is 11.0 Å². The number of rotatable bonds is 6. The monoisotopic (exact) mass is 417 g/mol. The van der Waals surface area contributed by atoms with Gasteiger partial charge in [0.2, 0.25) is 0 Å². The summed E-state index contributed by atoms with van der Waals surface area (Å²) in [6, 6.07) is 11.1. The molecular weight excluding hydrogens is 395 g/mol. The Morgan fingerprint density at radius 2 is 1.77 bits per heavy atom. The molecule has 8 heteroatoms. The van der Waals surface area contributed by atoms with E-state index in [1.807, 2.05) is 13.8 Å². The largest absolute Gasteiger partial charge is 0.416 e. The number of nitrogens with one attached hydrogen (secondary N) is 1. The van der Waals surface area contributed by atoms with Gasteiger partial charge in [-0.05, 0) is 43.2 Å². The quantitative estimate of drug-likeness (QED) is 0.766. The highest BCUT2D eigenvalue weighted by atomic mass is 19.4. The van der Waals surface area contributed by atoms with E-state index in [9.17, 15) is 22.8 Å². The van der Waals surface area contributed by atoms with Gasteiger partial charge < -0.3 is 10.2 Å². The van der Waals surface area contributed by atoms with Crippen molar-refractivity contribution in [3.63, 3.8) is 0 Å². The van der Waals surface area contributed by atoms with Crippen LogP contribution in [0.4, 0.5) is 13.2 Å². The maximum atomic E-state index is 12.8. The van der Waals surface area contributed by atoms with Crippen LogP contribution in [0.25, 0.3) is 0 Å². The maximum Gasteiger partial charge on any atom is 0.416 e. The van der Waals surface area contributed by atoms with E-state index >= 15 is 0 Å². The van der Waals surface area contributed by atoms with Gasteiger partial charge in [-0.25, -0.2) is 0 Å². The molecule has 158 valence electrons. The van der Waals surface area contributed by atoms with Crippen molar-refractivity contribution < 1.29 is 22.8 Å². The Balaban J connectivity index is 1.69. The predicted octanol–water partition coefficient (Wildman–Crippen LogP) is 4.20. The number of aliphatic imine (C=N–C) groups is 1. The van der Waals surface area contributed by atoms with E-state index in [0.29, 0.717) is 17.7 Å². The molecule has 1 aliphatic heterocycles. The minimum Gasteiger partial charge on any atom is -0.352 e. The molecule has 5 nitrogen and oxygen atoms in total. The highest BCUT2D eigenvalue weighted by Gasteiger charge is 2.33. The van der Waals surface area contributed by atoms with Crippen LogP contribution in [0.3, 0.4) is 0 Å². The third kappa shape index (κ3) is 4.53. The predicted molar refractivity (Wildman–Crippen MR) is 107 cm³/mol. The molecule has 1 unspecified atom stereocenters. The molecule has 0 aliphatic carbocycles. The lowest BCUT2D eigenvalue weighted by molar-refractivity contribution is -0.137. The van der Waals surface area contributed by atoms with Gasteiger partial charge in [0, 0.05) is 17.7 Å². The number of halogens is 3. The van der Waals surface area contributed by atoms with Crippen molar-refractivity contribution in [2.24, 2.45) is 4.99 Å². The standard InChI is InChI=1S/C22H22F3N3O2/c1-3-12-26-20(29)17-6-4-15(5-7-17)14(2)28-13-27-19(21(28)30)16-8-10-18(11-9-16)22(23,24)25/h4-11,14H,3,12-13H2,1-2H3,(H,26,29). The van der Waals surface area contributed by atoms with Crippen LogP contribution >= 0.6 is 0 Å². The summed E-state index contributed by atoms with van der Waals surface area (Å²) in [5.41, 5.74) is 1.09. The minimum atomic E-state index is -4.43. The summed E-state index contributed by atoms with van der Waals surface area (Å²) in [5.74, 6) is -0.492. The average Bonchev–Trinajstić information content (AvgIpc) is 3.12. The molecule has 0 fully saturated rings. The van der Waals surface area contributed by atoms with Gasteiger partial charge in [-0.2, -0.15) is 13.2 Å². The smallest absolute Gasteiger partial charge is 0.352 e. The first-order valence-electron chi connectivity index (χ1n) is 9.63. The lowest BCUT2D eigenvalue weighted by atomic mass is 10.0. The van der Waals surface area contributed by atoms with Gasteiger partial charge in [-0.1, -0.05) is 31.2 Å². The normalized spacial score (nSPS) is 15.2. The zero-order chi connectivity index (χ0) is 21.9. The zero-order valence-corrected chi connectivity index (χ0v) is 16.7. The summed E-state index contributed by atoms with van der Waals surface area (Å²) in [5, 5.41) is 2.80. The van der Waals surface area contributed by atoms with E-state index in [1.165, 1.54) is 12.1 Å². The Morgan fingerprint density at radius 1 is 1.13 bits per heavy atom. The molecule has 0 radical (unpaired) electrons.